The maximum absolute atomic E-state index is 12.4. The highest BCUT2D eigenvalue weighted by Crippen LogP contribution is 2.23. The Hall–Kier alpha value is -0.590. The molecule has 0 radical (unpaired) electrons. The minimum atomic E-state index is -0.0470. The summed E-state index contributed by atoms with van der Waals surface area (Å²) >= 11 is 3.29. The van der Waals surface area contributed by atoms with Gasteiger partial charge < -0.3 is 10.6 Å². The van der Waals surface area contributed by atoms with Gasteiger partial charge in [-0.2, -0.15) is 11.8 Å². The third-order valence-corrected chi connectivity index (χ3v) is 5.26. The molecule has 2 N–H and O–H groups in total. The van der Waals surface area contributed by atoms with Gasteiger partial charge in [0.05, 0.1) is 6.04 Å². The molecule has 6 heteroatoms. The second-order valence-corrected chi connectivity index (χ2v) is 7.33. The van der Waals surface area contributed by atoms with Crippen molar-refractivity contribution in [3.05, 3.63) is 16.1 Å². The van der Waals surface area contributed by atoms with Gasteiger partial charge in [0.2, 0.25) is 0 Å². The van der Waals surface area contributed by atoms with Crippen molar-refractivity contribution in [1.29, 1.82) is 0 Å². The third-order valence-electron chi connectivity index (χ3n) is 3.64. The van der Waals surface area contributed by atoms with Gasteiger partial charge in [-0.3, -0.25) is 4.79 Å². The zero-order chi connectivity index (χ0) is 14.5. The Balaban J connectivity index is 1.98. The average molecular weight is 313 g/mol. The highest BCUT2D eigenvalue weighted by molar-refractivity contribution is 7.98. The fourth-order valence-corrected chi connectivity index (χ4v) is 3.78. The van der Waals surface area contributed by atoms with Gasteiger partial charge in [0.15, 0.2) is 0 Å². The molecule has 112 valence electrons. The number of rotatable bonds is 5. The molecule has 0 aromatic carbocycles. The lowest BCUT2D eigenvalue weighted by Crippen LogP contribution is -2.39. The Bertz CT molecular complexity index is 449. The van der Waals surface area contributed by atoms with Gasteiger partial charge in [0, 0.05) is 18.5 Å². The van der Waals surface area contributed by atoms with Gasteiger partial charge in [-0.25, -0.2) is 4.98 Å². The van der Waals surface area contributed by atoms with Crippen LogP contribution in [0.1, 0.15) is 47.7 Å². The van der Waals surface area contributed by atoms with Crippen LogP contribution in [0.3, 0.4) is 0 Å². The van der Waals surface area contributed by atoms with Gasteiger partial charge >= 0.3 is 0 Å². The first-order valence-electron chi connectivity index (χ1n) is 7.11. The molecule has 0 spiro atoms. The lowest BCUT2D eigenvalue weighted by atomic mass is 10.0. The van der Waals surface area contributed by atoms with Crippen LogP contribution in [0.15, 0.2) is 5.38 Å². The van der Waals surface area contributed by atoms with Crippen molar-refractivity contribution in [3.8, 4) is 0 Å². The first-order chi connectivity index (χ1) is 9.61. The molecular weight excluding hydrogens is 290 g/mol. The Labute approximate surface area is 129 Å². The monoisotopic (exact) mass is 313 g/mol. The largest absolute Gasteiger partial charge is 0.337 e. The van der Waals surface area contributed by atoms with Crippen molar-refractivity contribution in [2.24, 2.45) is 11.7 Å². The summed E-state index contributed by atoms with van der Waals surface area (Å²) in [7, 11) is 0. The van der Waals surface area contributed by atoms with E-state index >= 15 is 0 Å². The van der Waals surface area contributed by atoms with Crippen molar-refractivity contribution in [3.63, 3.8) is 0 Å². The molecule has 0 aliphatic carbocycles. The number of hydrogen-bond donors (Lipinski definition) is 1. The van der Waals surface area contributed by atoms with Crippen molar-refractivity contribution >= 4 is 29.0 Å². The number of thiazole rings is 1. The number of thioether (sulfide) groups is 1. The van der Waals surface area contributed by atoms with Gasteiger partial charge in [-0.1, -0.05) is 6.92 Å². The molecule has 1 fully saturated rings. The molecule has 1 aliphatic rings. The summed E-state index contributed by atoms with van der Waals surface area (Å²) in [5, 5.41) is 2.74. The summed E-state index contributed by atoms with van der Waals surface area (Å²) in [4.78, 5) is 18.8. The standard InChI is InChI=1S/C14H23N3OS2/c1-10-4-3-6-17(8-10)14(18)12-9-20-13(16-12)11(15)5-7-19-2/h9-11H,3-8,15H2,1-2H3. The van der Waals surface area contributed by atoms with Crippen molar-refractivity contribution in [2.45, 2.75) is 32.2 Å². The van der Waals surface area contributed by atoms with E-state index in [1.54, 1.807) is 11.8 Å². The van der Waals surface area contributed by atoms with Crippen LogP contribution in [0.2, 0.25) is 0 Å². The zero-order valence-electron chi connectivity index (χ0n) is 12.2. The van der Waals surface area contributed by atoms with Gasteiger partial charge in [-0.05, 0) is 37.2 Å². The number of aromatic nitrogens is 1. The maximum Gasteiger partial charge on any atom is 0.273 e. The number of carbonyl (C=O) groups is 1. The summed E-state index contributed by atoms with van der Waals surface area (Å²) in [6, 6.07) is -0.0470. The van der Waals surface area contributed by atoms with Crippen molar-refractivity contribution < 1.29 is 4.79 Å². The van der Waals surface area contributed by atoms with E-state index in [1.165, 1.54) is 17.8 Å². The fourth-order valence-electron chi connectivity index (χ4n) is 2.46. The van der Waals surface area contributed by atoms with Gasteiger partial charge in [-0.15, -0.1) is 11.3 Å². The molecule has 1 aliphatic heterocycles. The molecule has 1 aromatic heterocycles. The number of carbonyl (C=O) groups excluding carboxylic acids is 1. The normalized spacial score (nSPS) is 20.9. The lowest BCUT2D eigenvalue weighted by molar-refractivity contribution is 0.0677. The Kier molecular flexibility index (Phi) is 5.86. The number of piperidine rings is 1. The van der Waals surface area contributed by atoms with Crippen molar-refractivity contribution in [2.75, 3.05) is 25.1 Å². The Morgan fingerprint density at radius 1 is 1.70 bits per heavy atom. The van der Waals surface area contributed by atoms with Crippen LogP contribution < -0.4 is 5.73 Å². The summed E-state index contributed by atoms with van der Waals surface area (Å²) in [6.45, 7) is 3.91. The lowest BCUT2D eigenvalue weighted by Gasteiger charge is -2.30. The molecule has 2 rings (SSSR count). The second kappa shape index (κ2) is 7.43. The van der Waals surface area contributed by atoms with Crippen LogP contribution >= 0.6 is 23.1 Å². The van der Waals surface area contributed by atoms with E-state index in [0.717, 1.165) is 36.7 Å². The van der Waals surface area contributed by atoms with E-state index in [9.17, 15) is 4.79 Å². The van der Waals surface area contributed by atoms with Crippen LogP contribution in [0, 0.1) is 5.92 Å². The second-order valence-electron chi connectivity index (χ2n) is 5.46. The summed E-state index contributed by atoms with van der Waals surface area (Å²) in [5.74, 6) is 1.68. The molecular formula is C14H23N3OS2. The Morgan fingerprint density at radius 2 is 2.50 bits per heavy atom. The smallest absolute Gasteiger partial charge is 0.273 e. The SMILES string of the molecule is CSCCC(N)c1nc(C(=O)N2CCCC(C)C2)cs1. The first-order valence-corrected chi connectivity index (χ1v) is 9.38. The first kappa shape index (κ1) is 15.8. The summed E-state index contributed by atoms with van der Waals surface area (Å²) in [6.07, 6.45) is 5.28. The summed E-state index contributed by atoms with van der Waals surface area (Å²) < 4.78 is 0. The molecule has 2 unspecified atom stereocenters. The molecule has 2 heterocycles. The average Bonchev–Trinajstić information content (AvgIpc) is 2.93. The predicted molar refractivity (Wildman–Crippen MR) is 86.3 cm³/mol. The number of hydrogen-bond acceptors (Lipinski definition) is 5. The minimum absolute atomic E-state index is 0.0470. The molecule has 1 saturated heterocycles. The minimum Gasteiger partial charge on any atom is -0.337 e. The predicted octanol–water partition coefficient (Wildman–Crippen LogP) is 2.77. The Morgan fingerprint density at radius 3 is 3.20 bits per heavy atom. The maximum atomic E-state index is 12.4. The molecule has 1 amide bonds. The zero-order valence-corrected chi connectivity index (χ0v) is 13.8. The third kappa shape index (κ3) is 3.96. The molecule has 0 bridgehead atoms. The topological polar surface area (TPSA) is 59.2 Å². The van der Waals surface area contributed by atoms with E-state index in [4.69, 9.17) is 5.73 Å². The van der Waals surface area contributed by atoms with Crippen LogP contribution in [0.25, 0.3) is 0 Å². The van der Waals surface area contributed by atoms with E-state index in [1.807, 2.05) is 10.3 Å². The molecule has 1 aromatic rings. The quantitative estimate of drug-likeness (QED) is 0.908. The van der Waals surface area contributed by atoms with Crippen molar-refractivity contribution in [1.82, 2.24) is 9.88 Å². The molecule has 2 atom stereocenters. The number of likely N-dealkylation sites (tertiary alicyclic amines) is 1. The van der Waals surface area contributed by atoms with Crippen LogP contribution in [-0.4, -0.2) is 40.9 Å². The van der Waals surface area contributed by atoms with E-state index < -0.39 is 0 Å². The van der Waals surface area contributed by atoms with Gasteiger partial charge in [0.25, 0.3) is 5.91 Å². The van der Waals surface area contributed by atoms with E-state index in [2.05, 4.69) is 18.2 Å². The molecule has 0 saturated carbocycles. The highest BCUT2D eigenvalue weighted by atomic mass is 32.2. The molecule has 20 heavy (non-hydrogen) atoms. The number of amides is 1. The van der Waals surface area contributed by atoms with Crippen LogP contribution in [0.4, 0.5) is 0 Å². The fraction of sp³-hybridized carbons (Fsp3) is 0.714. The van der Waals surface area contributed by atoms with E-state index in [0.29, 0.717) is 11.6 Å². The summed E-state index contributed by atoms with van der Waals surface area (Å²) in [5.41, 5.74) is 6.67. The molecule has 4 nitrogen and oxygen atoms in total. The highest BCUT2D eigenvalue weighted by Gasteiger charge is 2.24. The number of nitrogens with zero attached hydrogens (tertiary/aromatic N) is 2. The number of nitrogens with two attached hydrogens (primary N) is 1. The van der Waals surface area contributed by atoms with Crippen LogP contribution in [0.5, 0.6) is 0 Å². The van der Waals surface area contributed by atoms with E-state index in [-0.39, 0.29) is 11.9 Å². The van der Waals surface area contributed by atoms with Gasteiger partial charge in [0.1, 0.15) is 10.7 Å². The van der Waals surface area contributed by atoms with Crippen LogP contribution in [-0.2, 0) is 0 Å².